The summed E-state index contributed by atoms with van der Waals surface area (Å²) in [5, 5.41) is -0.134. The van der Waals surface area contributed by atoms with E-state index in [4.69, 9.17) is 32.7 Å². The zero-order chi connectivity index (χ0) is 19.2. The third-order valence-corrected chi connectivity index (χ3v) is 5.42. The molecule has 26 heavy (non-hydrogen) atoms. The van der Waals surface area contributed by atoms with Crippen molar-refractivity contribution in [1.82, 2.24) is 9.80 Å². The van der Waals surface area contributed by atoms with Crippen molar-refractivity contribution >= 4 is 34.8 Å². The molecule has 0 radical (unpaired) electrons. The molecule has 144 valence electrons. The van der Waals surface area contributed by atoms with Crippen LogP contribution in [0.2, 0.25) is 0 Å². The number of hydrogen-bond donors (Lipinski definition) is 0. The van der Waals surface area contributed by atoms with E-state index in [0.29, 0.717) is 26.2 Å². The van der Waals surface area contributed by atoms with E-state index < -0.39 is 11.6 Å². The number of carbonyl (C=O) groups is 2. The third-order valence-electron chi connectivity index (χ3n) is 4.72. The first-order valence-electron chi connectivity index (χ1n) is 8.88. The van der Waals surface area contributed by atoms with Crippen LogP contribution in [0.25, 0.3) is 0 Å². The Bertz CT molecular complexity index is 613. The molecule has 0 amide bonds. The highest BCUT2D eigenvalue weighted by Crippen LogP contribution is 2.35. The van der Waals surface area contributed by atoms with Gasteiger partial charge in [-0.25, -0.2) is 0 Å². The summed E-state index contributed by atoms with van der Waals surface area (Å²) in [6, 6.07) is 0. The molecular formula is C18H24Cl2N2O4. The molecule has 0 bridgehead atoms. The van der Waals surface area contributed by atoms with Gasteiger partial charge in [0.15, 0.2) is 0 Å². The van der Waals surface area contributed by atoms with Gasteiger partial charge in [-0.1, -0.05) is 23.2 Å². The van der Waals surface area contributed by atoms with Crippen molar-refractivity contribution in [1.29, 1.82) is 0 Å². The molecule has 3 aliphatic rings. The molecule has 2 aliphatic heterocycles. The van der Waals surface area contributed by atoms with Crippen LogP contribution in [-0.4, -0.2) is 72.0 Å². The van der Waals surface area contributed by atoms with Crippen LogP contribution in [0.4, 0.5) is 0 Å². The van der Waals surface area contributed by atoms with Crippen LogP contribution in [0.1, 0.15) is 27.7 Å². The van der Waals surface area contributed by atoms with E-state index >= 15 is 0 Å². The average molecular weight is 403 g/mol. The quantitative estimate of drug-likeness (QED) is 0.660. The maximum atomic E-state index is 13.0. The first-order chi connectivity index (χ1) is 12.2. The number of ether oxygens (including phenoxy) is 2. The molecule has 4 atom stereocenters. The molecule has 6 nitrogen and oxygen atoms in total. The Morgan fingerprint density at radius 2 is 0.962 bits per heavy atom. The molecule has 0 aromatic heterocycles. The molecule has 0 N–H and O–H groups in total. The lowest BCUT2D eigenvalue weighted by atomic mass is 10.0. The van der Waals surface area contributed by atoms with Crippen LogP contribution in [0.5, 0.6) is 0 Å². The predicted molar refractivity (Wildman–Crippen MR) is 98.9 cm³/mol. The van der Waals surface area contributed by atoms with Crippen LogP contribution < -0.4 is 0 Å². The first-order valence-corrected chi connectivity index (χ1v) is 9.64. The van der Waals surface area contributed by atoms with Crippen molar-refractivity contribution in [2.45, 2.75) is 52.1 Å². The minimum Gasteiger partial charge on any atom is -0.372 e. The summed E-state index contributed by atoms with van der Waals surface area (Å²) in [4.78, 5) is 29.6. The average Bonchev–Trinajstić information content (AvgIpc) is 2.51. The molecule has 0 saturated carbocycles. The Kier molecular flexibility index (Phi) is 5.68. The van der Waals surface area contributed by atoms with Gasteiger partial charge < -0.3 is 19.3 Å². The molecule has 8 heteroatoms. The van der Waals surface area contributed by atoms with Crippen molar-refractivity contribution in [2.75, 3.05) is 26.2 Å². The van der Waals surface area contributed by atoms with Crippen LogP contribution in [0, 0.1) is 0 Å². The van der Waals surface area contributed by atoms with Gasteiger partial charge in [0, 0.05) is 26.2 Å². The predicted octanol–water partition coefficient (Wildman–Crippen LogP) is 2.26. The molecule has 0 unspecified atom stereocenters. The maximum Gasteiger partial charge on any atom is 0.224 e. The topological polar surface area (TPSA) is 59.1 Å². The Morgan fingerprint density at radius 1 is 0.692 bits per heavy atom. The van der Waals surface area contributed by atoms with Gasteiger partial charge >= 0.3 is 0 Å². The number of nitrogens with zero attached hydrogens (tertiary/aromatic N) is 2. The Hall–Kier alpha value is -1.08. The second-order valence-electron chi connectivity index (χ2n) is 7.31. The molecule has 3 rings (SSSR count). The number of Topliss-reactive ketones (excluding diaryl/α,β-unsaturated/α-hetero) is 2. The van der Waals surface area contributed by atoms with Gasteiger partial charge in [0.25, 0.3) is 0 Å². The van der Waals surface area contributed by atoms with E-state index in [1.54, 1.807) is 0 Å². The monoisotopic (exact) mass is 402 g/mol. The van der Waals surface area contributed by atoms with Crippen molar-refractivity contribution in [3.05, 3.63) is 21.5 Å². The lowest BCUT2D eigenvalue weighted by Gasteiger charge is -2.41. The summed E-state index contributed by atoms with van der Waals surface area (Å²) in [7, 11) is 0. The Balaban J connectivity index is 1.92. The lowest BCUT2D eigenvalue weighted by Crippen LogP contribution is -2.50. The highest BCUT2D eigenvalue weighted by molar-refractivity contribution is 6.55. The molecular weight excluding hydrogens is 379 g/mol. The van der Waals surface area contributed by atoms with Crippen molar-refractivity contribution in [3.63, 3.8) is 0 Å². The number of morpholine rings is 2. The highest BCUT2D eigenvalue weighted by Gasteiger charge is 2.41. The molecule has 0 aromatic carbocycles. The largest absolute Gasteiger partial charge is 0.372 e. The first kappa shape index (κ1) is 19.7. The van der Waals surface area contributed by atoms with Crippen molar-refractivity contribution in [2.24, 2.45) is 0 Å². The van der Waals surface area contributed by atoms with Gasteiger partial charge in [0.05, 0.1) is 24.4 Å². The second kappa shape index (κ2) is 7.50. The molecule has 2 saturated heterocycles. The number of rotatable bonds is 2. The zero-order valence-electron chi connectivity index (χ0n) is 15.4. The third kappa shape index (κ3) is 3.65. The fourth-order valence-corrected chi connectivity index (χ4v) is 4.50. The van der Waals surface area contributed by atoms with Gasteiger partial charge in [0.1, 0.15) is 21.5 Å². The molecule has 2 heterocycles. The van der Waals surface area contributed by atoms with Crippen LogP contribution in [-0.2, 0) is 19.1 Å². The number of hydrogen-bond acceptors (Lipinski definition) is 6. The van der Waals surface area contributed by atoms with Crippen LogP contribution >= 0.6 is 23.2 Å². The van der Waals surface area contributed by atoms with Gasteiger partial charge in [-0.15, -0.1) is 0 Å². The van der Waals surface area contributed by atoms with Crippen LogP contribution in [0.3, 0.4) is 0 Å². The van der Waals surface area contributed by atoms with Crippen molar-refractivity contribution in [3.8, 4) is 0 Å². The summed E-state index contributed by atoms with van der Waals surface area (Å²) in [5.74, 6) is -0.807. The van der Waals surface area contributed by atoms with E-state index in [-0.39, 0.29) is 45.9 Å². The number of carbonyl (C=O) groups excluding carboxylic acids is 2. The molecule has 1 aliphatic carbocycles. The summed E-state index contributed by atoms with van der Waals surface area (Å²) in [6.07, 6.45) is -0.264. The smallest absolute Gasteiger partial charge is 0.224 e. The fourth-order valence-electron chi connectivity index (χ4n) is 3.91. The second-order valence-corrected chi connectivity index (χ2v) is 8.06. The van der Waals surface area contributed by atoms with Crippen LogP contribution in [0.15, 0.2) is 21.5 Å². The van der Waals surface area contributed by atoms with E-state index in [1.807, 2.05) is 37.5 Å². The summed E-state index contributed by atoms with van der Waals surface area (Å²) in [5.41, 5.74) is 0.364. The van der Waals surface area contributed by atoms with E-state index in [2.05, 4.69) is 0 Å². The summed E-state index contributed by atoms with van der Waals surface area (Å²) >= 11 is 12.8. The van der Waals surface area contributed by atoms with E-state index in [0.717, 1.165) is 0 Å². The lowest BCUT2D eigenvalue weighted by molar-refractivity contribution is -0.121. The van der Waals surface area contributed by atoms with Crippen molar-refractivity contribution < 1.29 is 19.1 Å². The maximum absolute atomic E-state index is 13.0. The highest BCUT2D eigenvalue weighted by atomic mass is 35.5. The van der Waals surface area contributed by atoms with Gasteiger partial charge in [0.2, 0.25) is 11.6 Å². The number of allylic oxidation sites excluding steroid dienone is 2. The minimum absolute atomic E-state index is 0.0660. The number of halogens is 2. The normalized spacial score (nSPS) is 34.1. The van der Waals surface area contributed by atoms with Gasteiger partial charge in [-0.05, 0) is 27.7 Å². The Morgan fingerprint density at radius 3 is 1.23 bits per heavy atom. The summed E-state index contributed by atoms with van der Waals surface area (Å²) < 4.78 is 11.4. The van der Waals surface area contributed by atoms with Gasteiger partial charge in [-0.3, -0.25) is 9.59 Å². The zero-order valence-corrected chi connectivity index (χ0v) is 16.9. The molecule has 0 spiro atoms. The van der Waals surface area contributed by atoms with E-state index in [1.165, 1.54) is 0 Å². The van der Waals surface area contributed by atoms with Gasteiger partial charge in [-0.2, -0.15) is 0 Å². The minimum atomic E-state index is -0.403. The molecule has 0 aromatic rings. The Labute approximate surface area is 163 Å². The molecule has 2 fully saturated rings. The van der Waals surface area contributed by atoms with E-state index in [9.17, 15) is 9.59 Å². The SMILES string of the molecule is C[C@@H]1CN(C2=C(Cl)C(=O)C(N3C[C@H](C)O[C@@H](C)C3)=C(Cl)C2=O)C[C@@H](C)O1. The standard InChI is InChI=1S/C18H24Cl2N2O4/c1-9-5-21(6-10(2)25-9)15-13(19)18(24)16(14(20)17(15)23)22-7-11(3)26-12(4)8-22/h9-12H,5-8H2,1-4H3/t9-,10-,11+,12+. The number of ketones is 2. The summed E-state index contributed by atoms with van der Waals surface area (Å²) in [6.45, 7) is 9.63. The fraction of sp³-hybridized carbons (Fsp3) is 0.667.